The van der Waals surface area contributed by atoms with Gasteiger partial charge in [0.2, 0.25) is 5.91 Å². The van der Waals surface area contributed by atoms with E-state index in [4.69, 9.17) is 4.42 Å². The van der Waals surface area contributed by atoms with Crippen molar-refractivity contribution in [3.05, 3.63) is 48.4 Å². The van der Waals surface area contributed by atoms with Crippen LogP contribution in [-0.4, -0.2) is 16.6 Å². The summed E-state index contributed by atoms with van der Waals surface area (Å²) in [6.07, 6.45) is 1.61. The molecule has 0 unspecified atom stereocenters. The van der Waals surface area contributed by atoms with Crippen molar-refractivity contribution >= 4 is 39.2 Å². The molecule has 0 saturated carbocycles. The minimum absolute atomic E-state index is 0.0249. The maximum atomic E-state index is 11.9. The van der Waals surface area contributed by atoms with Gasteiger partial charge in [-0.3, -0.25) is 4.79 Å². The van der Waals surface area contributed by atoms with Crippen molar-refractivity contribution in [2.45, 2.75) is 17.3 Å². The van der Waals surface area contributed by atoms with Gasteiger partial charge in [-0.1, -0.05) is 23.9 Å². The van der Waals surface area contributed by atoms with Crippen LogP contribution in [0.15, 0.2) is 51.4 Å². The van der Waals surface area contributed by atoms with E-state index in [0.29, 0.717) is 5.75 Å². The van der Waals surface area contributed by atoms with Crippen LogP contribution in [0.1, 0.15) is 18.7 Å². The number of nitrogens with one attached hydrogen (secondary N) is 1. The van der Waals surface area contributed by atoms with Gasteiger partial charge in [0.1, 0.15) is 5.76 Å². The third kappa shape index (κ3) is 3.46. The molecule has 108 valence electrons. The molecule has 0 aliphatic carbocycles. The van der Waals surface area contributed by atoms with Crippen LogP contribution in [0.4, 0.5) is 0 Å². The van der Waals surface area contributed by atoms with Crippen molar-refractivity contribution < 1.29 is 9.21 Å². The predicted octanol–water partition coefficient (Wildman–Crippen LogP) is 3.86. The topological polar surface area (TPSA) is 55.1 Å². The Morgan fingerprint density at radius 1 is 1.38 bits per heavy atom. The number of carbonyl (C=O) groups is 1. The first-order valence-corrected chi connectivity index (χ1v) is 8.34. The smallest absolute Gasteiger partial charge is 0.231 e. The van der Waals surface area contributed by atoms with E-state index in [1.54, 1.807) is 17.6 Å². The third-order valence-corrected chi connectivity index (χ3v) is 5.13. The Morgan fingerprint density at radius 2 is 2.24 bits per heavy atom. The molecule has 0 aliphatic rings. The fourth-order valence-corrected chi connectivity index (χ4v) is 3.81. The lowest BCUT2D eigenvalue weighted by atomic mass is 10.2. The van der Waals surface area contributed by atoms with Gasteiger partial charge in [0.05, 0.1) is 28.3 Å². The summed E-state index contributed by atoms with van der Waals surface area (Å²) in [4.78, 5) is 16.4. The average Bonchev–Trinajstić information content (AvgIpc) is 3.14. The molecule has 2 heterocycles. The first-order chi connectivity index (χ1) is 10.2. The van der Waals surface area contributed by atoms with Crippen LogP contribution in [0, 0.1) is 0 Å². The molecular weight excluding hydrogens is 304 g/mol. The zero-order valence-corrected chi connectivity index (χ0v) is 13.0. The van der Waals surface area contributed by atoms with Gasteiger partial charge in [-0.15, -0.1) is 11.3 Å². The lowest BCUT2D eigenvalue weighted by Crippen LogP contribution is -2.27. The Labute approximate surface area is 130 Å². The molecule has 0 bridgehead atoms. The highest BCUT2D eigenvalue weighted by Crippen LogP contribution is 2.29. The van der Waals surface area contributed by atoms with E-state index in [1.807, 2.05) is 43.3 Å². The van der Waals surface area contributed by atoms with Gasteiger partial charge < -0.3 is 9.73 Å². The number of thiazole rings is 1. The molecule has 4 nitrogen and oxygen atoms in total. The molecule has 0 aliphatic heterocycles. The average molecular weight is 318 g/mol. The monoisotopic (exact) mass is 318 g/mol. The molecule has 6 heteroatoms. The number of hydrogen-bond donors (Lipinski definition) is 1. The highest BCUT2D eigenvalue weighted by Gasteiger charge is 2.13. The summed E-state index contributed by atoms with van der Waals surface area (Å²) in [7, 11) is 0. The lowest BCUT2D eigenvalue weighted by molar-refractivity contribution is -0.119. The largest absolute Gasteiger partial charge is 0.467 e. The summed E-state index contributed by atoms with van der Waals surface area (Å²) < 4.78 is 7.32. The van der Waals surface area contributed by atoms with Crippen LogP contribution in [-0.2, 0) is 4.79 Å². The third-order valence-electron chi connectivity index (χ3n) is 2.95. The lowest BCUT2D eigenvalue weighted by Gasteiger charge is -2.10. The number of carbonyl (C=O) groups excluding carboxylic acids is 1. The molecule has 1 atom stereocenters. The number of benzene rings is 1. The molecule has 0 radical (unpaired) electrons. The number of hydrogen-bond acceptors (Lipinski definition) is 5. The summed E-state index contributed by atoms with van der Waals surface area (Å²) in [5.74, 6) is 1.08. The van der Waals surface area contributed by atoms with Crippen molar-refractivity contribution in [1.29, 1.82) is 0 Å². The van der Waals surface area contributed by atoms with Crippen molar-refractivity contribution in [1.82, 2.24) is 10.3 Å². The Balaban J connectivity index is 1.56. The summed E-state index contributed by atoms with van der Waals surface area (Å²) in [5, 5.41) is 2.91. The minimum Gasteiger partial charge on any atom is -0.467 e. The van der Waals surface area contributed by atoms with Crippen molar-refractivity contribution in [3.8, 4) is 0 Å². The van der Waals surface area contributed by atoms with E-state index in [2.05, 4.69) is 10.3 Å². The Morgan fingerprint density at radius 3 is 3.00 bits per heavy atom. The van der Waals surface area contributed by atoms with Gasteiger partial charge >= 0.3 is 0 Å². The summed E-state index contributed by atoms with van der Waals surface area (Å²) in [6, 6.07) is 11.5. The summed E-state index contributed by atoms with van der Waals surface area (Å²) >= 11 is 3.07. The van der Waals surface area contributed by atoms with Crippen LogP contribution in [0.3, 0.4) is 0 Å². The Kier molecular flexibility index (Phi) is 4.26. The fourth-order valence-electron chi connectivity index (χ4n) is 1.93. The number of rotatable bonds is 5. The number of amides is 1. The van der Waals surface area contributed by atoms with Crippen molar-refractivity contribution in [2.75, 3.05) is 5.75 Å². The molecule has 2 aromatic heterocycles. The zero-order chi connectivity index (χ0) is 14.7. The van der Waals surface area contributed by atoms with Gasteiger partial charge in [-0.2, -0.15) is 0 Å². The highest BCUT2D eigenvalue weighted by molar-refractivity contribution is 8.01. The second-order valence-corrected chi connectivity index (χ2v) is 6.79. The number of para-hydroxylation sites is 1. The van der Waals surface area contributed by atoms with Crippen LogP contribution in [0.25, 0.3) is 10.2 Å². The number of fused-ring (bicyclic) bond motifs is 1. The quantitative estimate of drug-likeness (QED) is 0.726. The normalized spacial score (nSPS) is 12.4. The maximum absolute atomic E-state index is 11.9. The molecular formula is C15H14N2O2S2. The van der Waals surface area contributed by atoms with Gasteiger partial charge in [0, 0.05) is 0 Å². The molecule has 1 aromatic carbocycles. The second-order valence-electron chi connectivity index (χ2n) is 4.54. The number of aromatic nitrogens is 1. The van der Waals surface area contributed by atoms with Gasteiger partial charge in [-0.25, -0.2) is 4.98 Å². The number of furan rings is 1. The molecule has 0 fully saturated rings. The van der Waals surface area contributed by atoms with Crippen LogP contribution in [0.2, 0.25) is 0 Å². The Bertz CT molecular complexity index is 704. The highest BCUT2D eigenvalue weighted by atomic mass is 32.2. The Hall–Kier alpha value is -1.79. The van der Waals surface area contributed by atoms with E-state index < -0.39 is 0 Å². The molecule has 3 rings (SSSR count). The first-order valence-electron chi connectivity index (χ1n) is 6.53. The summed E-state index contributed by atoms with van der Waals surface area (Å²) in [5.41, 5.74) is 0.981. The predicted molar refractivity (Wildman–Crippen MR) is 85.6 cm³/mol. The zero-order valence-electron chi connectivity index (χ0n) is 11.4. The van der Waals surface area contributed by atoms with Crippen LogP contribution in [0.5, 0.6) is 0 Å². The van der Waals surface area contributed by atoms with Gasteiger partial charge in [0.15, 0.2) is 4.34 Å². The van der Waals surface area contributed by atoms with E-state index in [-0.39, 0.29) is 11.9 Å². The number of nitrogens with zero attached hydrogens (tertiary/aromatic N) is 1. The van der Waals surface area contributed by atoms with Crippen molar-refractivity contribution in [2.24, 2.45) is 0 Å². The molecule has 1 amide bonds. The van der Waals surface area contributed by atoms with Crippen molar-refractivity contribution in [3.63, 3.8) is 0 Å². The minimum atomic E-state index is -0.122. The first kappa shape index (κ1) is 14.2. The molecule has 3 aromatic rings. The number of thioether (sulfide) groups is 1. The maximum Gasteiger partial charge on any atom is 0.231 e. The van der Waals surface area contributed by atoms with Gasteiger partial charge in [0.25, 0.3) is 0 Å². The summed E-state index contributed by atoms with van der Waals surface area (Å²) in [6.45, 7) is 1.90. The molecule has 1 N–H and O–H groups in total. The molecule has 21 heavy (non-hydrogen) atoms. The molecule has 0 spiro atoms. The van der Waals surface area contributed by atoms with Crippen LogP contribution < -0.4 is 5.32 Å². The SMILES string of the molecule is C[C@@H](NC(=O)CSc1nc2ccccc2s1)c1ccco1. The second kappa shape index (κ2) is 6.32. The molecule has 0 saturated heterocycles. The van der Waals surface area contributed by atoms with E-state index in [9.17, 15) is 4.79 Å². The van der Waals surface area contributed by atoms with E-state index in [1.165, 1.54) is 11.8 Å². The standard InChI is InChI=1S/C15H14N2O2S2/c1-10(12-6-4-8-19-12)16-14(18)9-20-15-17-11-5-2-3-7-13(11)21-15/h2-8,10H,9H2,1H3,(H,16,18)/t10-/m1/s1. The van der Waals surface area contributed by atoms with Crippen LogP contribution >= 0.6 is 23.1 Å². The van der Waals surface area contributed by atoms with E-state index >= 15 is 0 Å². The van der Waals surface area contributed by atoms with Gasteiger partial charge in [-0.05, 0) is 31.2 Å². The van der Waals surface area contributed by atoms with E-state index in [0.717, 1.165) is 20.3 Å². The fraction of sp³-hybridized carbons (Fsp3) is 0.200.